The van der Waals surface area contributed by atoms with E-state index >= 15 is 0 Å². The molecule has 1 aliphatic heterocycles. The molecule has 1 saturated carbocycles. The van der Waals surface area contributed by atoms with Crippen LogP contribution in [-0.4, -0.2) is 39.9 Å². The molecule has 6 nitrogen and oxygen atoms in total. The largest absolute Gasteiger partial charge is 0.508 e. The number of likely N-dealkylation sites (tertiary alicyclic amines) is 1. The highest BCUT2D eigenvalue weighted by Gasteiger charge is 2.66. The first kappa shape index (κ1) is 27.7. The van der Waals surface area contributed by atoms with Crippen molar-refractivity contribution in [2.24, 2.45) is 23.7 Å². The molecule has 0 radical (unpaired) electrons. The van der Waals surface area contributed by atoms with E-state index in [-0.39, 0.29) is 42.1 Å². The van der Waals surface area contributed by atoms with Crippen molar-refractivity contribution >= 4 is 44.9 Å². The Hall–Kier alpha value is -4.10. The van der Waals surface area contributed by atoms with Crippen LogP contribution in [0.4, 0.5) is 0 Å². The Morgan fingerprint density at radius 3 is 2.30 bits per heavy atom. The van der Waals surface area contributed by atoms with E-state index in [1.807, 2.05) is 72.8 Å². The van der Waals surface area contributed by atoms with Gasteiger partial charge in [-0.25, -0.2) is 0 Å². The van der Waals surface area contributed by atoms with Crippen LogP contribution in [0.25, 0.3) is 5.57 Å². The molecular weight excluding hydrogens is 606 g/mol. The van der Waals surface area contributed by atoms with Gasteiger partial charge in [0.05, 0.1) is 17.3 Å². The van der Waals surface area contributed by atoms with Gasteiger partial charge < -0.3 is 5.11 Å². The number of benzene rings is 3. The standard InChI is InChI=1S/C36H30BrNO5/c1-2-38-34(42)24-15-14-23-26(31(24)35(38)43)18-28-33(41)25(20-9-5-3-6-10-20)19-30(40)36(28,21-11-7-4-8-12-21)32(23)27-17-22(37)13-16-29(27)39/h3-14,16-17,19,24,26,28,31-32,39H,2,15,18H2,1H3. The van der Waals surface area contributed by atoms with Crippen molar-refractivity contribution < 1.29 is 24.3 Å². The molecule has 1 saturated heterocycles. The number of Topliss-reactive ketones (excluding diaryl/α,β-unsaturated/α-hetero) is 1. The third-order valence-electron chi connectivity index (χ3n) is 10.1. The molecule has 43 heavy (non-hydrogen) atoms. The molecule has 7 rings (SSSR count). The van der Waals surface area contributed by atoms with E-state index in [2.05, 4.69) is 15.9 Å². The number of phenolic OH excluding ortho intramolecular Hbond substituents is 1. The van der Waals surface area contributed by atoms with Gasteiger partial charge in [0.1, 0.15) is 5.75 Å². The van der Waals surface area contributed by atoms with Crippen molar-refractivity contribution in [3.8, 4) is 5.75 Å². The van der Waals surface area contributed by atoms with Crippen LogP contribution in [0.15, 0.2) is 101 Å². The number of halogens is 1. The average molecular weight is 637 g/mol. The Morgan fingerprint density at radius 2 is 1.60 bits per heavy atom. The lowest BCUT2D eigenvalue weighted by atomic mass is 9.44. The first-order valence-corrected chi connectivity index (χ1v) is 15.5. The van der Waals surface area contributed by atoms with Gasteiger partial charge >= 0.3 is 0 Å². The van der Waals surface area contributed by atoms with E-state index in [9.17, 15) is 24.3 Å². The van der Waals surface area contributed by atoms with Gasteiger partial charge in [-0.1, -0.05) is 88.2 Å². The van der Waals surface area contributed by atoms with E-state index in [1.54, 1.807) is 19.1 Å². The van der Waals surface area contributed by atoms with Gasteiger partial charge in [-0.2, -0.15) is 0 Å². The molecule has 0 spiro atoms. The minimum absolute atomic E-state index is 0.00743. The number of ketones is 2. The number of carbonyl (C=O) groups is 4. The maximum atomic E-state index is 14.9. The van der Waals surface area contributed by atoms with Crippen LogP contribution in [0.1, 0.15) is 42.4 Å². The molecule has 1 heterocycles. The summed E-state index contributed by atoms with van der Waals surface area (Å²) >= 11 is 3.56. The predicted molar refractivity (Wildman–Crippen MR) is 165 cm³/mol. The molecule has 6 unspecified atom stereocenters. The monoisotopic (exact) mass is 635 g/mol. The fourth-order valence-corrected chi connectivity index (χ4v) is 8.73. The summed E-state index contributed by atoms with van der Waals surface area (Å²) in [6.07, 6.45) is 4.11. The predicted octanol–water partition coefficient (Wildman–Crippen LogP) is 6.00. The molecule has 1 N–H and O–H groups in total. The summed E-state index contributed by atoms with van der Waals surface area (Å²) in [5.74, 6) is -3.89. The van der Waals surface area contributed by atoms with Crippen LogP contribution in [-0.2, 0) is 24.6 Å². The first-order chi connectivity index (χ1) is 20.8. The normalized spacial score (nSPS) is 29.9. The van der Waals surface area contributed by atoms with E-state index in [1.165, 1.54) is 11.0 Å². The number of aromatic hydroxyl groups is 1. The number of hydrogen-bond donors (Lipinski definition) is 1. The minimum atomic E-state index is -1.36. The number of hydrogen-bond acceptors (Lipinski definition) is 5. The minimum Gasteiger partial charge on any atom is -0.508 e. The zero-order valence-electron chi connectivity index (χ0n) is 23.6. The second-order valence-electron chi connectivity index (χ2n) is 11.9. The summed E-state index contributed by atoms with van der Waals surface area (Å²) in [7, 11) is 0. The van der Waals surface area contributed by atoms with Crippen molar-refractivity contribution in [3.05, 3.63) is 118 Å². The third-order valence-corrected chi connectivity index (χ3v) is 10.6. The lowest BCUT2D eigenvalue weighted by molar-refractivity contribution is -0.140. The van der Waals surface area contributed by atoms with Crippen LogP contribution in [0, 0.1) is 23.7 Å². The molecule has 2 amide bonds. The van der Waals surface area contributed by atoms with E-state index in [4.69, 9.17) is 0 Å². The molecule has 2 fully saturated rings. The number of carbonyl (C=O) groups excluding carboxylic acids is 4. The maximum Gasteiger partial charge on any atom is 0.233 e. The van der Waals surface area contributed by atoms with Crippen LogP contribution >= 0.6 is 15.9 Å². The number of phenols is 1. The van der Waals surface area contributed by atoms with Gasteiger partial charge in [0.25, 0.3) is 0 Å². The number of rotatable bonds is 4. The zero-order valence-corrected chi connectivity index (χ0v) is 25.2. The third kappa shape index (κ3) is 3.90. The van der Waals surface area contributed by atoms with Crippen molar-refractivity contribution in [3.63, 3.8) is 0 Å². The molecule has 216 valence electrons. The Labute approximate surface area is 258 Å². The molecule has 0 aromatic heterocycles. The number of allylic oxidation sites excluding steroid dienone is 4. The van der Waals surface area contributed by atoms with Crippen molar-refractivity contribution in [1.82, 2.24) is 4.90 Å². The van der Waals surface area contributed by atoms with Crippen LogP contribution in [0.2, 0.25) is 0 Å². The SMILES string of the molecule is CCN1C(=O)C2CC=C3C(CC4C(=O)C(c5ccccc5)=CC(=O)C4(c4ccccc4)C3c3cc(Br)ccc3O)C2C1=O. The van der Waals surface area contributed by atoms with Gasteiger partial charge in [-0.15, -0.1) is 0 Å². The van der Waals surface area contributed by atoms with Gasteiger partial charge in [-0.05, 0) is 61.1 Å². The summed E-state index contributed by atoms with van der Waals surface area (Å²) in [5.41, 5.74) is 1.70. The highest BCUT2D eigenvalue weighted by molar-refractivity contribution is 9.10. The molecule has 7 heteroatoms. The molecule has 0 bridgehead atoms. The summed E-state index contributed by atoms with van der Waals surface area (Å²) in [5, 5.41) is 11.4. The van der Waals surface area contributed by atoms with E-state index in [0.717, 1.165) is 10.0 Å². The Morgan fingerprint density at radius 1 is 0.907 bits per heavy atom. The number of nitrogens with zero attached hydrogens (tertiary/aromatic N) is 1. The lowest BCUT2D eigenvalue weighted by Gasteiger charge is -2.55. The highest BCUT2D eigenvalue weighted by atomic mass is 79.9. The van der Waals surface area contributed by atoms with Crippen LogP contribution in [0.5, 0.6) is 5.75 Å². The van der Waals surface area contributed by atoms with Gasteiger partial charge in [0.2, 0.25) is 11.8 Å². The topological polar surface area (TPSA) is 91.8 Å². The summed E-state index contributed by atoms with van der Waals surface area (Å²) < 4.78 is 0.718. The fraction of sp³-hybridized carbons (Fsp3) is 0.278. The smallest absolute Gasteiger partial charge is 0.233 e. The summed E-state index contributed by atoms with van der Waals surface area (Å²) in [6.45, 7) is 2.09. The first-order valence-electron chi connectivity index (χ1n) is 14.7. The fourth-order valence-electron chi connectivity index (χ4n) is 8.35. The van der Waals surface area contributed by atoms with Crippen LogP contribution < -0.4 is 0 Å². The summed E-state index contributed by atoms with van der Waals surface area (Å²) in [6, 6.07) is 23.7. The average Bonchev–Trinajstić information content (AvgIpc) is 3.28. The second-order valence-corrected chi connectivity index (χ2v) is 12.8. The number of fused-ring (bicyclic) bond motifs is 4. The van der Waals surface area contributed by atoms with Gasteiger partial charge in [0.15, 0.2) is 11.6 Å². The quantitative estimate of drug-likeness (QED) is 0.280. The lowest BCUT2D eigenvalue weighted by Crippen LogP contribution is -2.58. The Kier molecular flexibility index (Phi) is 6.62. The molecule has 3 aromatic carbocycles. The Bertz CT molecular complexity index is 1750. The Balaban J connectivity index is 1.53. The van der Waals surface area contributed by atoms with E-state index < -0.39 is 35.0 Å². The molecule has 3 aliphatic carbocycles. The zero-order chi connectivity index (χ0) is 30.0. The molecule has 3 aromatic rings. The van der Waals surface area contributed by atoms with E-state index in [0.29, 0.717) is 28.7 Å². The van der Waals surface area contributed by atoms with Gasteiger partial charge in [0, 0.05) is 34.0 Å². The summed E-state index contributed by atoms with van der Waals surface area (Å²) in [4.78, 5) is 58.1. The van der Waals surface area contributed by atoms with Gasteiger partial charge in [-0.3, -0.25) is 24.1 Å². The van der Waals surface area contributed by atoms with Crippen molar-refractivity contribution in [2.75, 3.05) is 6.54 Å². The molecular formula is C36H30BrNO5. The second kappa shape index (κ2) is 10.3. The van der Waals surface area contributed by atoms with Crippen LogP contribution in [0.3, 0.4) is 0 Å². The van der Waals surface area contributed by atoms with Crippen molar-refractivity contribution in [2.45, 2.75) is 31.1 Å². The maximum absolute atomic E-state index is 14.9. The number of amides is 2. The molecule has 6 atom stereocenters. The number of imide groups is 1. The molecule has 4 aliphatic rings. The van der Waals surface area contributed by atoms with Crippen molar-refractivity contribution in [1.29, 1.82) is 0 Å². The highest BCUT2D eigenvalue weighted by Crippen LogP contribution is 2.64.